The molecular formula is C25H27N3O2. The highest BCUT2D eigenvalue weighted by Crippen LogP contribution is 2.34. The van der Waals surface area contributed by atoms with Crippen molar-refractivity contribution in [2.75, 3.05) is 5.32 Å². The third-order valence-corrected chi connectivity index (χ3v) is 5.47. The summed E-state index contributed by atoms with van der Waals surface area (Å²) in [5.74, 6) is 0.861. The number of phenolic OH excluding ortho intramolecular Hbond substituents is 1. The van der Waals surface area contributed by atoms with Gasteiger partial charge >= 0.3 is 0 Å². The second kappa shape index (κ2) is 9.08. The van der Waals surface area contributed by atoms with E-state index in [1.54, 1.807) is 6.07 Å². The Hall–Kier alpha value is -3.21. The van der Waals surface area contributed by atoms with Gasteiger partial charge in [-0.3, -0.25) is 4.79 Å². The van der Waals surface area contributed by atoms with Crippen LogP contribution in [0.2, 0.25) is 0 Å². The Kier molecular flexibility index (Phi) is 6.07. The van der Waals surface area contributed by atoms with Gasteiger partial charge in [0.15, 0.2) is 5.82 Å². The monoisotopic (exact) mass is 401 g/mol. The van der Waals surface area contributed by atoms with Gasteiger partial charge in [0, 0.05) is 12.0 Å². The largest absolute Gasteiger partial charge is 0.508 e. The zero-order valence-electron chi connectivity index (χ0n) is 17.3. The fraction of sp³-hybridized carbons (Fsp3) is 0.320. The lowest BCUT2D eigenvalue weighted by Gasteiger charge is -2.21. The van der Waals surface area contributed by atoms with Crippen LogP contribution in [-0.2, 0) is 30.5 Å². The number of carbonyl (C=O) groups excluding carboxylic acids is 1. The summed E-state index contributed by atoms with van der Waals surface area (Å²) in [6.45, 7) is 2.10. The van der Waals surface area contributed by atoms with E-state index >= 15 is 0 Å². The van der Waals surface area contributed by atoms with Crippen molar-refractivity contribution >= 4 is 11.7 Å². The highest BCUT2D eigenvalue weighted by atomic mass is 16.3. The van der Waals surface area contributed by atoms with Crippen molar-refractivity contribution in [3.05, 3.63) is 71.0 Å². The Labute approximate surface area is 177 Å². The summed E-state index contributed by atoms with van der Waals surface area (Å²) in [4.78, 5) is 22.3. The second-order valence-electron chi connectivity index (χ2n) is 7.79. The van der Waals surface area contributed by atoms with Crippen molar-refractivity contribution in [3.8, 4) is 17.0 Å². The predicted molar refractivity (Wildman–Crippen MR) is 119 cm³/mol. The quantitative estimate of drug-likeness (QED) is 0.593. The smallest absolute Gasteiger partial charge is 0.225 e. The Morgan fingerprint density at radius 2 is 1.90 bits per heavy atom. The van der Waals surface area contributed by atoms with Crippen LogP contribution < -0.4 is 5.32 Å². The maximum atomic E-state index is 12.6. The maximum absolute atomic E-state index is 12.6. The number of anilines is 1. The van der Waals surface area contributed by atoms with Gasteiger partial charge in [-0.25, -0.2) is 9.97 Å². The topological polar surface area (TPSA) is 75.1 Å². The highest BCUT2D eigenvalue weighted by molar-refractivity contribution is 5.90. The maximum Gasteiger partial charge on any atom is 0.225 e. The molecule has 0 fully saturated rings. The van der Waals surface area contributed by atoms with Crippen molar-refractivity contribution in [2.45, 2.75) is 51.9 Å². The van der Waals surface area contributed by atoms with Gasteiger partial charge in [-0.15, -0.1) is 0 Å². The van der Waals surface area contributed by atoms with Gasteiger partial charge in [0.05, 0.1) is 17.1 Å². The first-order chi connectivity index (χ1) is 14.6. The lowest BCUT2D eigenvalue weighted by Crippen LogP contribution is -2.18. The zero-order chi connectivity index (χ0) is 20.9. The molecule has 30 heavy (non-hydrogen) atoms. The Morgan fingerprint density at radius 1 is 1.07 bits per heavy atom. The summed E-state index contributed by atoms with van der Waals surface area (Å²) >= 11 is 0. The molecule has 1 amide bonds. The molecule has 2 aromatic carbocycles. The van der Waals surface area contributed by atoms with E-state index in [9.17, 15) is 9.90 Å². The minimum absolute atomic E-state index is 0.0151. The minimum Gasteiger partial charge on any atom is -0.508 e. The molecule has 0 spiro atoms. The molecule has 1 aliphatic rings. The van der Waals surface area contributed by atoms with Crippen molar-refractivity contribution in [1.29, 1.82) is 0 Å². The van der Waals surface area contributed by atoms with Crippen LogP contribution in [-0.4, -0.2) is 21.0 Å². The van der Waals surface area contributed by atoms with Crippen LogP contribution in [0.3, 0.4) is 0 Å². The first kappa shape index (κ1) is 20.1. The van der Waals surface area contributed by atoms with E-state index in [4.69, 9.17) is 9.97 Å². The molecule has 1 heterocycles. The molecule has 0 bridgehead atoms. The summed E-state index contributed by atoms with van der Waals surface area (Å²) < 4.78 is 0. The molecule has 1 aromatic heterocycles. The molecule has 5 heteroatoms. The molecule has 0 radical (unpaired) electrons. The summed E-state index contributed by atoms with van der Waals surface area (Å²) in [7, 11) is 0. The molecule has 0 saturated heterocycles. The van der Waals surface area contributed by atoms with E-state index in [1.165, 1.54) is 5.56 Å². The number of nitrogens with one attached hydrogen (secondary N) is 1. The first-order valence-electron chi connectivity index (χ1n) is 10.7. The number of aryl methyl sites for hydroxylation is 4. The molecule has 1 aliphatic carbocycles. The predicted octanol–water partition coefficient (Wildman–Crippen LogP) is 4.86. The molecule has 0 unspecified atom stereocenters. The summed E-state index contributed by atoms with van der Waals surface area (Å²) in [5.41, 5.74) is 5.98. The number of amides is 1. The minimum atomic E-state index is -0.0151. The van der Waals surface area contributed by atoms with Crippen molar-refractivity contribution in [2.24, 2.45) is 0 Å². The number of carbonyl (C=O) groups is 1. The number of aromatic nitrogens is 2. The van der Waals surface area contributed by atoms with Gasteiger partial charge in [0.25, 0.3) is 0 Å². The van der Waals surface area contributed by atoms with Crippen molar-refractivity contribution in [1.82, 2.24) is 9.97 Å². The van der Waals surface area contributed by atoms with E-state index in [-0.39, 0.29) is 11.7 Å². The molecular weight excluding hydrogens is 374 g/mol. The van der Waals surface area contributed by atoms with Crippen LogP contribution >= 0.6 is 0 Å². The number of nitrogens with zero attached hydrogens (tertiary/aromatic N) is 2. The first-order valence-corrected chi connectivity index (χ1v) is 10.7. The number of benzene rings is 2. The number of hydrogen-bond donors (Lipinski definition) is 2. The number of hydrogen-bond acceptors (Lipinski definition) is 4. The van der Waals surface area contributed by atoms with Crippen LogP contribution in [0, 0.1) is 0 Å². The zero-order valence-corrected chi connectivity index (χ0v) is 17.3. The van der Waals surface area contributed by atoms with Gasteiger partial charge in [-0.1, -0.05) is 43.7 Å². The molecule has 2 N–H and O–H groups in total. The van der Waals surface area contributed by atoms with Crippen LogP contribution in [0.15, 0.2) is 48.5 Å². The van der Waals surface area contributed by atoms with E-state index in [2.05, 4.69) is 24.4 Å². The van der Waals surface area contributed by atoms with Gasteiger partial charge < -0.3 is 10.4 Å². The Morgan fingerprint density at radius 3 is 2.70 bits per heavy atom. The average Bonchev–Trinajstić information content (AvgIpc) is 2.75. The van der Waals surface area contributed by atoms with E-state index < -0.39 is 0 Å². The molecule has 154 valence electrons. The number of rotatable bonds is 7. The lowest BCUT2D eigenvalue weighted by atomic mass is 9.91. The summed E-state index contributed by atoms with van der Waals surface area (Å²) in [6.07, 6.45) is 5.39. The lowest BCUT2D eigenvalue weighted by molar-refractivity contribution is -0.116. The van der Waals surface area contributed by atoms with E-state index in [0.717, 1.165) is 66.7 Å². The molecule has 0 atom stereocenters. The number of phenols is 1. The van der Waals surface area contributed by atoms with Gasteiger partial charge in [-0.05, 0) is 61.4 Å². The molecule has 3 aromatic rings. The molecule has 5 nitrogen and oxygen atoms in total. The standard InChI is InChI=1S/C25H27N3O2/c1-2-7-22-25(28-23(30)11-6-10-17-8-4-3-5-9-17)27-21-15-12-18-16-19(29)13-14-20(18)24(21)26-22/h3-5,8-9,13-14,16,29H,2,6-7,10-12,15H2,1H3,(H,27,28,30). The SMILES string of the molecule is CCCc1nc2c(nc1NC(=O)CCCc1ccccc1)CCc1cc(O)ccc1-2. The molecule has 0 aliphatic heterocycles. The van der Waals surface area contributed by atoms with E-state index in [1.807, 2.05) is 30.3 Å². The van der Waals surface area contributed by atoms with Crippen molar-refractivity contribution in [3.63, 3.8) is 0 Å². The second-order valence-corrected chi connectivity index (χ2v) is 7.79. The normalized spacial score (nSPS) is 12.2. The van der Waals surface area contributed by atoms with Crippen molar-refractivity contribution < 1.29 is 9.90 Å². The number of fused-ring (bicyclic) bond motifs is 3. The number of aromatic hydroxyl groups is 1. The van der Waals surface area contributed by atoms with Gasteiger partial charge in [0.1, 0.15) is 5.75 Å². The van der Waals surface area contributed by atoms with Gasteiger partial charge in [0.2, 0.25) is 5.91 Å². The fourth-order valence-corrected chi connectivity index (χ4v) is 3.97. The Bertz CT molecular complexity index is 1050. The summed E-state index contributed by atoms with van der Waals surface area (Å²) in [6, 6.07) is 15.6. The van der Waals surface area contributed by atoms with Crippen LogP contribution in [0.25, 0.3) is 11.3 Å². The van der Waals surface area contributed by atoms with Crippen LogP contribution in [0.5, 0.6) is 5.75 Å². The fourth-order valence-electron chi connectivity index (χ4n) is 3.97. The highest BCUT2D eigenvalue weighted by Gasteiger charge is 2.22. The summed E-state index contributed by atoms with van der Waals surface area (Å²) in [5, 5.41) is 12.8. The third-order valence-electron chi connectivity index (χ3n) is 5.47. The third kappa shape index (κ3) is 4.51. The average molecular weight is 402 g/mol. The van der Waals surface area contributed by atoms with Gasteiger partial charge in [-0.2, -0.15) is 0 Å². The van der Waals surface area contributed by atoms with Crippen LogP contribution in [0.4, 0.5) is 5.82 Å². The molecule has 0 saturated carbocycles. The van der Waals surface area contributed by atoms with Crippen LogP contribution in [0.1, 0.15) is 48.7 Å². The Balaban J connectivity index is 1.50. The molecule has 4 rings (SSSR count). The van der Waals surface area contributed by atoms with E-state index in [0.29, 0.717) is 12.2 Å².